The number of nitrogens with one attached hydrogen (secondary N) is 4. The normalized spacial score (nSPS) is 21.5. The number of hydrogen-bond donors (Lipinski definition) is 8. The number of carboxylic acids is 1. The fourth-order valence-corrected chi connectivity index (χ4v) is 6.41. The monoisotopic (exact) mass is 825 g/mol. The first-order valence-corrected chi connectivity index (χ1v) is 18.9. The molecule has 0 spiro atoms. The molecule has 11 N–H and O–H groups in total. The highest BCUT2D eigenvalue weighted by Gasteiger charge is 2.33. The van der Waals surface area contributed by atoms with E-state index in [9.17, 15) is 33.9 Å². The Balaban J connectivity index is 2.44. The van der Waals surface area contributed by atoms with Gasteiger partial charge in [-0.25, -0.2) is 0 Å². The van der Waals surface area contributed by atoms with Crippen molar-refractivity contribution in [3.8, 4) is 0 Å². The van der Waals surface area contributed by atoms with Crippen molar-refractivity contribution < 1.29 is 33.9 Å². The maximum Gasteiger partial charge on any atom is 0.306 e. The highest BCUT2D eigenvalue weighted by Crippen LogP contribution is 2.19. The van der Waals surface area contributed by atoms with Crippen LogP contribution < -0.4 is 38.5 Å². The number of aliphatic carboxylic acids is 1. The number of benzene rings is 1. The third-order valence-corrected chi connectivity index (χ3v) is 9.32. The number of rotatable bonds is 18. The van der Waals surface area contributed by atoms with E-state index in [-0.39, 0.29) is 44.4 Å². The summed E-state index contributed by atoms with van der Waals surface area (Å²) in [4.78, 5) is 79.9. The van der Waals surface area contributed by atoms with Crippen LogP contribution in [0.1, 0.15) is 83.6 Å². The van der Waals surface area contributed by atoms with Gasteiger partial charge >= 0.3 is 5.97 Å². The van der Waals surface area contributed by atoms with Gasteiger partial charge in [-0.15, -0.1) is 0 Å². The van der Waals surface area contributed by atoms with E-state index in [0.717, 1.165) is 9.13 Å². The number of unbranched alkanes of at least 4 members (excludes halogenated alkanes) is 2. The second-order valence-electron chi connectivity index (χ2n) is 13.5. The number of carbonyl (C=O) groups is 6. The van der Waals surface area contributed by atoms with Crippen LogP contribution in [0.5, 0.6) is 0 Å². The van der Waals surface area contributed by atoms with Crippen molar-refractivity contribution in [3.63, 3.8) is 0 Å². The lowest BCUT2D eigenvalue weighted by atomic mass is 9.89. The fraction of sp³-hybridized carbons (Fsp3) is 0.611. The molecule has 0 unspecified atom stereocenters. The van der Waals surface area contributed by atoms with E-state index in [2.05, 4.69) is 43.9 Å². The molecule has 1 heterocycles. The van der Waals surface area contributed by atoms with Gasteiger partial charge in [0.2, 0.25) is 23.6 Å². The number of carboxylic acid groups (broad SMARTS) is 1. The van der Waals surface area contributed by atoms with Crippen molar-refractivity contribution in [2.45, 2.75) is 115 Å². The molecule has 0 aliphatic carbocycles. The van der Waals surface area contributed by atoms with Crippen LogP contribution in [0.2, 0.25) is 0 Å². The second kappa shape index (κ2) is 23.2. The van der Waals surface area contributed by atoms with E-state index in [1.54, 1.807) is 12.2 Å². The molecule has 51 heavy (non-hydrogen) atoms. The van der Waals surface area contributed by atoms with Gasteiger partial charge in [-0.3, -0.25) is 28.8 Å². The highest BCUT2D eigenvalue weighted by molar-refractivity contribution is 14.1. The minimum Gasteiger partial charge on any atom is -0.481 e. The average Bonchev–Trinajstić information content (AvgIpc) is 3.07. The number of nitrogens with two attached hydrogens (primary N) is 3. The number of ketones is 1. The molecular weight excluding hydrogens is 769 g/mol. The summed E-state index contributed by atoms with van der Waals surface area (Å²) in [6, 6.07) is 2.18. The molecule has 1 aromatic carbocycles. The molecule has 0 bridgehead atoms. The largest absolute Gasteiger partial charge is 0.481 e. The second-order valence-corrected chi connectivity index (χ2v) is 14.8. The van der Waals surface area contributed by atoms with Crippen LogP contribution >= 0.6 is 22.6 Å². The predicted molar refractivity (Wildman–Crippen MR) is 203 cm³/mol. The maximum atomic E-state index is 14.0. The van der Waals surface area contributed by atoms with E-state index < -0.39 is 71.5 Å². The highest BCUT2D eigenvalue weighted by atomic mass is 127. The van der Waals surface area contributed by atoms with Crippen LogP contribution in [0.4, 0.5) is 0 Å². The lowest BCUT2D eigenvalue weighted by molar-refractivity contribution is -0.144. The molecule has 0 aromatic heterocycles. The molecule has 0 radical (unpaired) electrons. The Hall–Kier alpha value is -3.41. The first-order valence-electron chi connectivity index (χ1n) is 17.8. The topological polar surface area (TPSA) is 249 Å². The summed E-state index contributed by atoms with van der Waals surface area (Å²) in [6.45, 7) is 4.54. The Kier molecular flexibility index (Phi) is 19.9. The van der Waals surface area contributed by atoms with Crippen LogP contribution in [0, 0.1) is 15.4 Å². The quantitative estimate of drug-likeness (QED) is 0.0601. The van der Waals surface area contributed by atoms with Gasteiger partial charge < -0.3 is 43.6 Å². The average molecular weight is 826 g/mol. The van der Waals surface area contributed by atoms with Crippen molar-refractivity contribution in [2.24, 2.45) is 29.0 Å². The zero-order chi connectivity index (χ0) is 37.9. The summed E-state index contributed by atoms with van der Waals surface area (Å²) in [5.41, 5.74) is 18.2. The van der Waals surface area contributed by atoms with Crippen molar-refractivity contribution in [1.29, 1.82) is 0 Å². The van der Waals surface area contributed by atoms with Crippen LogP contribution in [0.25, 0.3) is 0 Å². The van der Waals surface area contributed by atoms with Gasteiger partial charge in [-0.1, -0.05) is 38.1 Å². The summed E-state index contributed by atoms with van der Waals surface area (Å²) < 4.78 is 0.922. The SMILES string of the molecule is CC(C)C[C@H](CC(=O)[C@H](Cc1cccc(I)c1)NC(=O)[C@@H]1CC=CC[C@H](N)C(=O)N[C@@H](CCCCN)C(=O)N[C@@H](CCCCN)C(=O)N1)C(=O)O. The predicted octanol–water partition coefficient (Wildman–Crippen LogP) is 1.41. The molecule has 15 heteroatoms. The lowest BCUT2D eigenvalue weighted by Gasteiger charge is -2.27. The van der Waals surface area contributed by atoms with Gasteiger partial charge in [0.05, 0.1) is 18.0 Å². The first kappa shape index (κ1) is 43.8. The summed E-state index contributed by atoms with van der Waals surface area (Å²) in [5.74, 6) is -4.79. The molecule has 6 atom stereocenters. The van der Waals surface area contributed by atoms with E-state index in [1.165, 1.54) is 0 Å². The molecule has 284 valence electrons. The van der Waals surface area contributed by atoms with E-state index in [1.807, 2.05) is 38.1 Å². The third kappa shape index (κ3) is 16.2. The van der Waals surface area contributed by atoms with Gasteiger partial charge in [0.1, 0.15) is 18.1 Å². The van der Waals surface area contributed by atoms with E-state index in [4.69, 9.17) is 17.2 Å². The van der Waals surface area contributed by atoms with Gasteiger partial charge in [-0.05, 0) is 124 Å². The molecule has 2 rings (SSSR count). The Morgan fingerprint density at radius 2 is 1.49 bits per heavy atom. The Labute approximate surface area is 314 Å². The number of amides is 4. The molecule has 0 saturated heterocycles. The molecule has 1 aliphatic rings. The fourth-order valence-electron chi connectivity index (χ4n) is 5.80. The van der Waals surface area contributed by atoms with Crippen molar-refractivity contribution in [2.75, 3.05) is 13.1 Å². The smallest absolute Gasteiger partial charge is 0.306 e. The number of carbonyl (C=O) groups excluding carboxylic acids is 5. The third-order valence-electron chi connectivity index (χ3n) is 8.64. The van der Waals surface area contributed by atoms with Crippen molar-refractivity contribution in [3.05, 3.63) is 45.6 Å². The maximum absolute atomic E-state index is 14.0. The Bertz CT molecular complexity index is 1360. The number of hydrogen-bond acceptors (Lipinski definition) is 9. The molecule has 0 saturated carbocycles. The molecule has 0 fully saturated rings. The van der Waals surface area contributed by atoms with Crippen molar-refractivity contribution >= 4 is 58.0 Å². The molecule has 1 aliphatic heterocycles. The number of Topliss-reactive ketones (excluding diaryl/α,β-unsaturated/α-hetero) is 1. The van der Waals surface area contributed by atoms with Crippen LogP contribution in [-0.4, -0.2) is 83.8 Å². The zero-order valence-corrected chi connectivity index (χ0v) is 31.9. The summed E-state index contributed by atoms with van der Waals surface area (Å²) in [6.07, 6.45) is 6.28. The minimum atomic E-state index is -1.17. The van der Waals surface area contributed by atoms with Gasteiger partial charge in [0.25, 0.3) is 0 Å². The van der Waals surface area contributed by atoms with Gasteiger partial charge in [0.15, 0.2) is 5.78 Å². The molecule has 4 amide bonds. The summed E-state index contributed by atoms with van der Waals surface area (Å²) in [5, 5.41) is 20.9. The summed E-state index contributed by atoms with van der Waals surface area (Å²) >= 11 is 2.15. The van der Waals surface area contributed by atoms with E-state index in [0.29, 0.717) is 45.2 Å². The Morgan fingerprint density at radius 3 is 2.06 bits per heavy atom. The standard InChI is InChI=1S/C36H56IN7O7/c1-22(2)18-24(36(50)51)21-31(45)30(20-23-10-9-11-25(37)19-23)44-35(49)28-13-4-3-12-26(40)32(46)41-27(14-5-7-16-38)33(47)43-29(34(48)42-28)15-6-8-17-39/h3-4,9-11,19,22,24,26-30H,5-8,12-18,20-21,38-40H2,1-2H3,(H,41,46)(H,42,48)(H,43,47)(H,44,49)(H,50,51)/t24-,26+,27+,28+,29+,30+/m1/s1. The lowest BCUT2D eigenvalue weighted by Crippen LogP contribution is -2.58. The van der Waals surface area contributed by atoms with Gasteiger partial charge in [-0.2, -0.15) is 0 Å². The molecule has 1 aromatic rings. The zero-order valence-electron chi connectivity index (χ0n) is 29.7. The van der Waals surface area contributed by atoms with E-state index >= 15 is 0 Å². The van der Waals surface area contributed by atoms with Crippen molar-refractivity contribution in [1.82, 2.24) is 21.3 Å². The first-order chi connectivity index (χ1) is 24.2. The van der Waals surface area contributed by atoms with Crippen LogP contribution in [0.3, 0.4) is 0 Å². The number of halogens is 1. The van der Waals surface area contributed by atoms with Crippen LogP contribution in [0.15, 0.2) is 36.4 Å². The Morgan fingerprint density at radius 1 is 0.902 bits per heavy atom. The summed E-state index contributed by atoms with van der Waals surface area (Å²) in [7, 11) is 0. The van der Waals surface area contributed by atoms with Crippen LogP contribution in [-0.2, 0) is 35.2 Å². The molecular formula is C36H56IN7O7. The molecule has 14 nitrogen and oxygen atoms in total. The minimum absolute atomic E-state index is 0.00760. The van der Waals surface area contributed by atoms with Gasteiger partial charge in [0, 0.05) is 9.99 Å².